The van der Waals surface area contributed by atoms with E-state index in [4.69, 9.17) is 6.42 Å². The first-order chi connectivity index (χ1) is 9.69. The molecule has 2 aromatic rings. The first-order valence-corrected chi connectivity index (χ1v) is 7.16. The summed E-state index contributed by atoms with van der Waals surface area (Å²) in [5.74, 6) is 2.59. The number of rotatable bonds is 4. The molecule has 4 nitrogen and oxygen atoms in total. The number of aromatic amines is 1. The lowest BCUT2D eigenvalue weighted by Gasteiger charge is -2.00. The third-order valence-electron chi connectivity index (χ3n) is 2.48. The molecule has 0 aliphatic rings. The molecule has 2 rings (SSSR count). The van der Waals surface area contributed by atoms with Crippen molar-refractivity contribution < 1.29 is 4.21 Å². The lowest BCUT2D eigenvalue weighted by molar-refractivity contribution is 0.685. The Morgan fingerprint density at radius 2 is 2.15 bits per heavy atom. The fourth-order valence-electron chi connectivity index (χ4n) is 1.55. The average Bonchev–Trinajstić information content (AvgIpc) is 2.47. The highest BCUT2D eigenvalue weighted by Crippen LogP contribution is 2.12. The van der Waals surface area contributed by atoms with Crippen molar-refractivity contribution in [3.63, 3.8) is 0 Å². The molecule has 0 bridgehead atoms. The molecule has 0 saturated carbocycles. The van der Waals surface area contributed by atoms with Gasteiger partial charge in [0, 0.05) is 11.0 Å². The van der Waals surface area contributed by atoms with E-state index in [2.05, 4.69) is 16.1 Å². The molecule has 1 aromatic carbocycles. The van der Waals surface area contributed by atoms with Gasteiger partial charge >= 0.3 is 0 Å². The molecule has 0 spiro atoms. The molecule has 0 saturated heterocycles. The summed E-state index contributed by atoms with van der Waals surface area (Å²) in [5.41, 5.74) is 1.29. The van der Waals surface area contributed by atoms with Crippen LogP contribution in [0.1, 0.15) is 11.3 Å². The normalized spacial score (nSPS) is 12.2. The quantitative estimate of drug-likeness (QED) is 0.869. The maximum Gasteiger partial charge on any atom is 0.264 e. The van der Waals surface area contributed by atoms with Crippen molar-refractivity contribution in [3.05, 3.63) is 58.0 Å². The van der Waals surface area contributed by atoms with Crippen LogP contribution in [0.5, 0.6) is 0 Å². The van der Waals surface area contributed by atoms with Crippen LogP contribution in [0.15, 0.2) is 46.1 Å². The first kappa shape index (κ1) is 14.0. The zero-order valence-corrected chi connectivity index (χ0v) is 11.4. The molecule has 1 heterocycles. The number of nitrogens with one attached hydrogen (secondary N) is 1. The summed E-state index contributed by atoms with van der Waals surface area (Å²) < 4.78 is 11.8. The van der Waals surface area contributed by atoms with Crippen LogP contribution >= 0.6 is 0 Å². The molecule has 0 fully saturated rings. The van der Waals surface area contributed by atoms with Gasteiger partial charge in [0.15, 0.2) is 0 Å². The van der Waals surface area contributed by atoms with E-state index in [0.29, 0.717) is 10.6 Å². The molecule has 20 heavy (non-hydrogen) atoms. The Balaban J connectivity index is 2.19. The minimum absolute atomic E-state index is 0.203. The van der Waals surface area contributed by atoms with E-state index in [1.54, 1.807) is 18.2 Å². The fraction of sp³-hybridized carbons (Fsp3) is 0.0667. The number of terminal acetylenes is 1. The van der Waals surface area contributed by atoms with Crippen molar-refractivity contribution in [3.8, 4) is 12.3 Å². The third kappa shape index (κ3) is 3.77. The van der Waals surface area contributed by atoms with Gasteiger partial charge < -0.3 is 0 Å². The topological polar surface area (TPSA) is 62.8 Å². The molecular formula is C15H12N2O2S. The van der Waals surface area contributed by atoms with Crippen molar-refractivity contribution in [1.82, 2.24) is 10.2 Å². The Hall–Kier alpha value is -2.45. The number of H-pyrrole nitrogens is 1. The number of hydrogen-bond donors (Lipinski definition) is 1. The van der Waals surface area contributed by atoms with E-state index in [0.717, 1.165) is 5.56 Å². The zero-order valence-electron chi connectivity index (χ0n) is 10.6. The first-order valence-electron chi connectivity index (χ1n) is 5.85. The molecule has 1 atom stereocenters. The van der Waals surface area contributed by atoms with Crippen molar-refractivity contribution >= 4 is 23.0 Å². The highest BCUT2D eigenvalue weighted by Gasteiger charge is 2.01. The van der Waals surface area contributed by atoms with E-state index in [1.807, 2.05) is 24.3 Å². The Morgan fingerprint density at radius 3 is 2.85 bits per heavy atom. The third-order valence-corrected chi connectivity index (χ3v) is 3.69. The number of hydrogen-bond acceptors (Lipinski definition) is 3. The van der Waals surface area contributed by atoms with Gasteiger partial charge in [0.2, 0.25) is 0 Å². The second kappa shape index (κ2) is 6.64. The van der Waals surface area contributed by atoms with E-state index >= 15 is 0 Å². The van der Waals surface area contributed by atoms with Crippen LogP contribution in [-0.4, -0.2) is 20.2 Å². The average molecular weight is 284 g/mol. The summed E-state index contributed by atoms with van der Waals surface area (Å²) in [6.07, 6.45) is 8.75. The van der Waals surface area contributed by atoms with Gasteiger partial charge in [-0.05, 0) is 29.8 Å². The van der Waals surface area contributed by atoms with Crippen LogP contribution in [0.25, 0.3) is 12.2 Å². The molecule has 100 valence electrons. The molecule has 1 N–H and O–H groups in total. The van der Waals surface area contributed by atoms with Crippen LogP contribution in [0.2, 0.25) is 0 Å². The van der Waals surface area contributed by atoms with E-state index < -0.39 is 10.8 Å². The Kier molecular flexibility index (Phi) is 4.64. The van der Waals surface area contributed by atoms with Crippen LogP contribution < -0.4 is 5.56 Å². The molecule has 5 heteroatoms. The van der Waals surface area contributed by atoms with Gasteiger partial charge in [-0.1, -0.05) is 24.1 Å². The Bertz CT molecular complexity index is 736. The van der Waals surface area contributed by atoms with E-state index in [1.165, 1.54) is 6.07 Å². The van der Waals surface area contributed by atoms with Crippen molar-refractivity contribution in [2.45, 2.75) is 4.90 Å². The molecule has 1 aromatic heterocycles. The monoisotopic (exact) mass is 284 g/mol. The van der Waals surface area contributed by atoms with Crippen molar-refractivity contribution in [1.29, 1.82) is 0 Å². The fourth-order valence-corrected chi connectivity index (χ4v) is 2.36. The Labute approximate surface area is 119 Å². The van der Waals surface area contributed by atoms with Gasteiger partial charge in [0.1, 0.15) is 0 Å². The van der Waals surface area contributed by atoms with Gasteiger partial charge in [-0.3, -0.25) is 9.00 Å². The van der Waals surface area contributed by atoms with E-state index in [9.17, 15) is 9.00 Å². The minimum Gasteiger partial charge on any atom is -0.268 e. The maximum absolute atomic E-state index is 11.8. The van der Waals surface area contributed by atoms with Crippen LogP contribution in [0, 0.1) is 12.3 Å². The highest BCUT2D eigenvalue weighted by molar-refractivity contribution is 7.85. The second-order valence-corrected chi connectivity index (χ2v) is 5.40. The number of aromatic nitrogens is 2. The lowest BCUT2D eigenvalue weighted by Crippen LogP contribution is -2.05. The molecule has 0 amide bonds. The van der Waals surface area contributed by atoms with Crippen LogP contribution in [0.4, 0.5) is 0 Å². The molecular weight excluding hydrogens is 272 g/mol. The smallest absolute Gasteiger partial charge is 0.264 e. The maximum atomic E-state index is 11.8. The second-order valence-electron chi connectivity index (χ2n) is 3.95. The van der Waals surface area contributed by atoms with Gasteiger partial charge in [0.05, 0.1) is 22.2 Å². The summed E-state index contributed by atoms with van der Waals surface area (Å²) >= 11 is 0. The van der Waals surface area contributed by atoms with Gasteiger partial charge in [-0.2, -0.15) is 5.10 Å². The van der Waals surface area contributed by atoms with E-state index in [-0.39, 0.29) is 11.3 Å². The number of benzene rings is 1. The summed E-state index contributed by atoms with van der Waals surface area (Å²) in [5, 5.41) is 6.22. The molecule has 0 aliphatic heterocycles. The van der Waals surface area contributed by atoms with Crippen LogP contribution in [0.3, 0.4) is 0 Å². The number of nitrogens with zero attached hydrogens (tertiary/aromatic N) is 1. The predicted octanol–water partition coefficient (Wildman–Crippen LogP) is 1.68. The standard InChI is InChI=1S/C15H12N2O2S/c1-2-10-20(19)14-5-3-4-12(11-14)6-7-13-8-9-15(18)17-16-13/h1,3-9,11H,10H2,(H,17,18)/b7-6+. The Morgan fingerprint density at radius 1 is 1.30 bits per heavy atom. The molecule has 0 radical (unpaired) electrons. The SMILES string of the molecule is C#CCS(=O)c1cccc(/C=C/c2ccc(=O)[nH]n2)c1. The van der Waals surface area contributed by atoms with Gasteiger partial charge in [0.25, 0.3) is 5.56 Å². The minimum atomic E-state index is -1.18. The van der Waals surface area contributed by atoms with Gasteiger partial charge in [-0.25, -0.2) is 5.10 Å². The van der Waals surface area contributed by atoms with Gasteiger partial charge in [-0.15, -0.1) is 6.42 Å². The molecule has 1 unspecified atom stereocenters. The summed E-state index contributed by atoms with van der Waals surface area (Å²) in [6, 6.07) is 10.3. The lowest BCUT2D eigenvalue weighted by atomic mass is 10.2. The zero-order chi connectivity index (χ0) is 14.4. The highest BCUT2D eigenvalue weighted by atomic mass is 32.2. The van der Waals surface area contributed by atoms with Crippen molar-refractivity contribution in [2.24, 2.45) is 0 Å². The van der Waals surface area contributed by atoms with Crippen LogP contribution in [-0.2, 0) is 10.8 Å². The summed E-state index contributed by atoms with van der Waals surface area (Å²) in [4.78, 5) is 11.6. The molecule has 0 aliphatic carbocycles. The predicted molar refractivity (Wildman–Crippen MR) is 80.3 cm³/mol. The largest absolute Gasteiger partial charge is 0.268 e. The summed E-state index contributed by atoms with van der Waals surface area (Å²) in [6.45, 7) is 0. The summed E-state index contributed by atoms with van der Waals surface area (Å²) in [7, 11) is -1.18. The van der Waals surface area contributed by atoms with Crippen molar-refractivity contribution in [2.75, 3.05) is 5.75 Å².